The van der Waals surface area contributed by atoms with Crippen LogP contribution in [0.15, 0.2) is 12.1 Å². The van der Waals surface area contributed by atoms with Gasteiger partial charge in [-0.2, -0.15) is 5.26 Å². The van der Waals surface area contributed by atoms with Crippen molar-refractivity contribution in [1.82, 2.24) is 5.32 Å². The first-order chi connectivity index (χ1) is 10.0. The van der Waals surface area contributed by atoms with E-state index in [0.717, 1.165) is 50.7 Å². The third-order valence-electron chi connectivity index (χ3n) is 4.06. The molecular formula is C16H20F2N2O. The summed E-state index contributed by atoms with van der Waals surface area (Å²) in [6, 6.07) is 3.77. The summed E-state index contributed by atoms with van der Waals surface area (Å²) in [5, 5.41) is 22.1. The van der Waals surface area contributed by atoms with E-state index in [9.17, 15) is 13.9 Å². The number of aliphatic hydroxyl groups is 1. The van der Waals surface area contributed by atoms with Crippen molar-refractivity contribution < 1.29 is 13.9 Å². The molecule has 1 aliphatic rings. The number of rotatable bonds is 4. The monoisotopic (exact) mass is 294 g/mol. The van der Waals surface area contributed by atoms with Crippen molar-refractivity contribution in [2.45, 2.75) is 50.7 Å². The molecule has 1 aromatic rings. The van der Waals surface area contributed by atoms with Gasteiger partial charge >= 0.3 is 0 Å². The molecule has 0 amide bonds. The van der Waals surface area contributed by atoms with Crippen molar-refractivity contribution in [3.05, 3.63) is 34.9 Å². The number of halogens is 2. The van der Waals surface area contributed by atoms with E-state index in [-0.39, 0.29) is 17.7 Å². The maximum absolute atomic E-state index is 13.7. The fourth-order valence-electron chi connectivity index (χ4n) is 2.82. The third-order valence-corrected chi connectivity index (χ3v) is 4.06. The van der Waals surface area contributed by atoms with Crippen LogP contribution in [0.1, 0.15) is 49.7 Å². The Morgan fingerprint density at radius 1 is 1.14 bits per heavy atom. The van der Waals surface area contributed by atoms with Crippen LogP contribution >= 0.6 is 0 Å². The van der Waals surface area contributed by atoms with Crippen LogP contribution in [0.5, 0.6) is 0 Å². The zero-order valence-corrected chi connectivity index (χ0v) is 12.0. The molecule has 0 radical (unpaired) electrons. The molecule has 5 heteroatoms. The minimum atomic E-state index is -0.782. The molecule has 0 saturated heterocycles. The number of nitrogens with zero attached hydrogens (tertiary/aromatic N) is 1. The van der Waals surface area contributed by atoms with Gasteiger partial charge in [-0.3, -0.25) is 0 Å². The highest BCUT2D eigenvalue weighted by atomic mass is 19.1. The van der Waals surface area contributed by atoms with Gasteiger partial charge in [0.05, 0.1) is 17.2 Å². The van der Waals surface area contributed by atoms with Crippen molar-refractivity contribution in [3.8, 4) is 6.07 Å². The summed E-state index contributed by atoms with van der Waals surface area (Å²) in [6.07, 6.45) is 5.66. The first kappa shape index (κ1) is 15.9. The lowest BCUT2D eigenvalue weighted by Crippen LogP contribution is -2.40. The van der Waals surface area contributed by atoms with E-state index in [2.05, 4.69) is 5.32 Å². The second kappa shape index (κ2) is 6.97. The fourth-order valence-corrected chi connectivity index (χ4v) is 2.82. The molecule has 3 nitrogen and oxygen atoms in total. The zero-order chi connectivity index (χ0) is 15.3. The van der Waals surface area contributed by atoms with Crippen LogP contribution in [0.4, 0.5) is 8.78 Å². The van der Waals surface area contributed by atoms with Gasteiger partial charge in [-0.25, -0.2) is 8.78 Å². The van der Waals surface area contributed by atoms with E-state index < -0.39 is 17.2 Å². The standard InChI is InChI=1S/C16H20F2N2O/c17-14-7-12(9-19)8-15(18)13(14)10-20-11-16(21)5-3-1-2-4-6-16/h7-8,20-21H,1-6,10-11H2. The van der Waals surface area contributed by atoms with Crippen molar-refractivity contribution in [3.63, 3.8) is 0 Å². The molecular weight excluding hydrogens is 274 g/mol. The first-order valence-corrected chi connectivity index (χ1v) is 7.35. The number of benzene rings is 1. The molecule has 0 aliphatic heterocycles. The second-order valence-corrected chi connectivity index (χ2v) is 5.77. The van der Waals surface area contributed by atoms with Crippen LogP contribution < -0.4 is 5.32 Å². The van der Waals surface area contributed by atoms with Gasteiger partial charge in [-0.05, 0) is 25.0 Å². The van der Waals surface area contributed by atoms with E-state index >= 15 is 0 Å². The molecule has 1 aromatic carbocycles. The van der Waals surface area contributed by atoms with E-state index in [1.165, 1.54) is 0 Å². The molecule has 114 valence electrons. The summed E-state index contributed by atoms with van der Waals surface area (Å²) in [5.74, 6) is -1.46. The van der Waals surface area contributed by atoms with Gasteiger partial charge in [0.25, 0.3) is 0 Å². The minimum absolute atomic E-state index is 0.00564. The summed E-state index contributed by atoms with van der Waals surface area (Å²) in [7, 11) is 0. The summed E-state index contributed by atoms with van der Waals surface area (Å²) in [5.41, 5.74) is -0.905. The predicted molar refractivity (Wildman–Crippen MR) is 75.4 cm³/mol. The summed E-state index contributed by atoms with van der Waals surface area (Å²) < 4.78 is 27.5. The van der Waals surface area contributed by atoms with E-state index in [0.29, 0.717) is 6.54 Å². The normalized spacial score (nSPS) is 18.0. The highest BCUT2D eigenvalue weighted by molar-refractivity contribution is 5.34. The van der Waals surface area contributed by atoms with Gasteiger partial charge in [0.2, 0.25) is 0 Å². The minimum Gasteiger partial charge on any atom is -0.389 e. The van der Waals surface area contributed by atoms with Gasteiger partial charge in [-0.15, -0.1) is 0 Å². The lowest BCUT2D eigenvalue weighted by molar-refractivity contribution is 0.0249. The largest absolute Gasteiger partial charge is 0.389 e. The van der Waals surface area contributed by atoms with Crippen molar-refractivity contribution in [2.75, 3.05) is 6.54 Å². The first-order valence-electron chi connectivity index (χ1n) is 7.35. The van der Waals surface area contributed by atoms with Crippen LogP contribution in [-0.4, -0.2) is 17.3 Å². The number of nitrogens with one attached hydrogen (secondary N) is 1. The van der Waals surface area contributed by atoms with Gasteiger partial charge < -0.3 is 10.4 Å². The van der Waals surface area contributed by atoms with Crippen molar-refractivity contribution in [2.24, 2.45) is 0 Å². The zero-order valence-electron chi connectivity index (χ0n) is 12.0. The van der Waals surface area contributed by atoms with Crippen LogP contribution in [0, 0.1) is 23.0 Å². The van der Waals surface area contributed by atoms with Crippen molar-refractivity contribution >= 4 is 0 Å². The van der Waals surface area contributed by atoms with E-state index in [1.54, 1.807) is 6.07 Å². The Hall–Kier alpha value is -1.51. The molecule has 21 heavy (non-hydrogen) atoms. The average molecular weight is 294 g/mol. The third kappa shape index (κ3) is 4.23. The van der Waals surface area contributed by atoms with Crippen molar-refractivity contribution in [1.29, 1.82) is 5.26 Å². The molecule has 1 saturated carbocycles. The number of nitriles is 1. The average Bonchev–Trinajstić information content (AvgIpc) is 2.66. The molecule has 0 aromatic heterocycles. The molecule has 0 atom stereocenters. The smallest absolute Gasteiger partial charge is 0.131 e. The van der Waals surface area contributed by atoms with Crippen LogP contribution in [-0.2, 0) is 6.54 Å². The van der Waals surface area contributed by atoms with Gasteiger partial charge in [0.15, 0.2) is 0 Å². The Bertz CT molecular complexity index is 509. The van der Waals surface area contributed by atoms with Crippen LogP contribution in [0.3, 0.4) is 0 Å². The highest BCUT2D eigenvalue weighted by Gasteiger charge is 2.27. The molecule has 1 aliphatic carbocycles. The summed E-state index contributed by atoms with van der Waals surface area (Å²) in [6.45, 7) is 0.331. The Balaban J connectivity index is 1.96. The van der Waals surface area contributed by atoms with Gasteiger partial charge in [0.1, 0.15) is 11.6 Å². The van der Waals surface area contributed by atoms with E-state index in [4.69, 9.17) is 5.26 Å². The SMILES string of the molecule is N#Cc1cc(F)c(CNCC2(O)CCCCCC2)c(F)c1. The molecule has 0 heterocycles. The maximum atomic E-state index is 13.7. The van der Waals surface area contributed by atoms with Gasteiger partial charge in [-0.1, -0.05) is 25.7 Å². The quantitative estimate of drug-likeness (QED) is 0.839. The molecule has 2 N–H and O–H groups in total. The molecule has 0 unspecified atom stereocenters. The van der Waals surface area contributed by atoms with E-state index in [1.807, 2.05) is 0 Å². The van der Waals surface area contributed by atoms with Crippen LogP contribution in [0.25, 0.3) is 0 Å². The Morgan fingerprint density at radius 3 is 2.24 bits per heavy atom. The topological polar surface area (TPSA) is 56.0 Å². The molecule has 1 fully saturated rings. The molecule has 2 rings (SSSR count). The molecule has 0 spiro atoms. The fraction of sp³-hybridized carbons (Fsp3) is 0.562. The van der Waals surface area contributed by atoms with Gasteiger partial charge in [0, 0.05) is 18.7 Å². The van der Waals surface area contributed by atoms with Crippen LogP contribution in [0.2, 0.25) is 0 Å². The predicted octanol–water partition coefficient (Wildman–Crippen LogP) is 3.01. The maximum Gasteiger partial charge on any atom is 0.131 e. The Morgan fingerprint density at radius 2 is 1.71 bits per heavy atom. The lowest BCUT2D eigenvalue weighted by atomic mass is 9.94. The Labute approximate surface area is 123 Å². The number of hydrogen-bond acceptors (Lipinski definition) is 3. The molecule has 0 bridgehead atoms. The lowest BCUT2D eigenvalue weighted by Gasteiger charge is -2.27. The Kier molecular flexibility index (Phi) is 5.27. The highest BCUT2D eigenvalue weighted by Crippen LogP contribution is 2.26. The summed E-state index contributed by atoms with van der Waals surface area (Å²) >= 11 is 0. The number of hydrogen-bond donors (Lipinski definition) is 2. The second-order valence-electron chi connectivity index (χ2n) is 5.77. The summed E-state index contributed by atoms with van der Waals surface area (Å²) in [4.78, 5) is 0.